The van der Waals surface area contributed by atoms with Crippen LogP contribution < -0.4 is 10.5 Å². The minimum atomic E-state index is -4.47. The number of rotatable bonds is 5. The molecule has 20 heavy (non-hydrogen) atoms. The zero-order valence-corrected chi connectivity index (χ0v) is 11.7. The summed E-state index contributed by atoms with van der Waals surface area (Å²) >= 11 is 0. The number of ether oxygens (including phenoxy) is 1. The fourth-order valence-electron chi connectivity index (χ4n) is 1.95. The van der Waals surface area contributed by atoms with Crippen LogP contribution in [0, 0.1) is 11.3 Å². The first-order valence-electron chi connectivity index (χ1n) is 6.33. The minimum absolute atomic E-state index is 0.0320. The van der Waals surface area contributed by atoms with Crippen molar-refractivity contribution in [1.29, 1.82) is 5.41 Å². The van der Waals surface area contributed by atoms with Crippen LogP contribution in [0.5, 0.6) is 5.75 Å². The van der Waals surface area contributed by atoms with E-state index in [2.05, 4.69) is 0 Å². The van der Waals surface area contributed by atoms with Crippen molar-refractivity contribution in [2.24, 2.45) is 11.7 Å². The topological polar surface area (TPSA) is 59.1 Å². The van der Waals surface area contributed by atoms with Gasteiger partial charge in [-0.1, -0.05) is 13.8 Å². The Kier molecular flexibility index (Phi) is 5.03. The zero-order valence-electron chi connectivity index (χ0n) is 11.7. The van der Waals surface area contributed by atoms with Gasteiger partial charge < -0.3 is 10.5 Å². The van der Waals surface area contributed by atoms with Crippen LogP contribution >= 0.6 is 0 Å². The number of benzene rings is 1. The van der Waals surface area contributed by atoms with Crippen molar-refractivity contribution in [3.8, 4) is 5.75 Å². The van der Waals surface area contributed by atoms with Crippen LogP contribution in [-0.4, -0.2) is 11.9 Å². The van der Waals surface area contributed by atoms with Gasteiger partial charge in [0.1, 0.15) is 11.6 Å². The van der Waals surface area contributed by atoms with Crippen LogP contribution in [-0.2, 0) is 6.18 Å². The van der Waals surface area contributed by atoms with Crippen molar-refractivity contribution in [3.63, 3.8) is 0 Å². The molecule has 3 N–H and O–H groups in total. The summed E-state index contributed by atoms with van der Waals surface area (Å²) < 4.78 is 43.5. The lowest BCUT2D eigenvalue weighted by Crippen LogP contribution is -2.19. The summed E-state index contributed by atoms with van der Waals surface area (Å²) in [6.07, 6.45) is -3.87. The number of nitrogens with two attached hydrogens (primary N) is 1. The van der Waals surface area contributed by atoms with Crippen LogP contribution in [0.2, 0.25) is 0 Å². The van der Waals surface area contributed by atoms with Gasteiger partial charge in [-0.15, -0.1) is 0 Å². The Morgan fingerprint density at radius 2 is 1.90 bits per heavy atom. The molecule has 0 amide bonds. The first-order chi connectivity index (χ1) is 9.11. The molecule has 0 heterocycles. The Hall–Kier alpha value is -1.72. The Balaban J connectivity index is 3.05. The van der Waals surface area contributed by atoms with Gasteiger partial charge in [-0.2, -0.15) is 13.2 Å². The van der Waals surface area contributed by atoms with E-state index < -0.39 is 17.6 Å². The highest BCUT2D eigenvalue weighted by Gasteiger charge is 2.31. The maximum atomic E-state index is 12.6. The number of amidine groups is 1. The van der Waals surface area contributed by atoms with Crippen LogP contribution in [0.3, 0.4) is 0 Å². The Labute approximate surface area is 116 Å². The van der Waals surface area contributed by atoms with E-state index in [9.17, 15) is 13.2 Å². The highest BCUT2D eigenvalue weighted by atomic mass is 19.4. The third-order valence-corrected chi connectivity index (χ3v) is 2.73. The van der Waals surface area contributed by atoms with E-state index in [1.807, 2.05) is 20.8 Å². The average molecular weight is 288 g/mol. The molecule has 0 aliphatic carbocycles. The van der Waals surface area contributed by atoms with Gasteiger partial charge in [-0.3, -0.25) is 5.41 Å². The molecule has 0 bridgehead atoms. The molecule has 6 heteroatoms. The molecule has 0 radical (unpaired) electrons. The van der Waals surface area contributed by atoms with E-state index in [-0.39, 0.29) is 17.4 Å². The third kappa shape index (κ3) is 4.43. The van der Waals surface area contributed by atoms with Gasteiger partial charge in [-0.25, -0.2) is 0 Å². The molecule has 1 unspecified atom stereocenters. The predicted octanol–water partition coefficient (Wildman–Crippen LogP) is 3.80. The number of nitrogens with one attached hydrogen (secondary N) is 1. The summed E-state index contributed by atoms with van der Waals surface area (Å²) in [7, 11) is 0. The molecular weight excluding hydrogens is 269 g/mol. The standard InChI is InChI=1S/C14H19F3N2O/c1-8(2)6-9(3)20-12-5-4-10(14(15,16)17)7-11(12)13(18)19/h4-5,7-9H,6H2,1-3H3,(H3,18,19). The Morgan fingerprint density at radius 1 is 1.30 bits per heavy atom. The van der Waals surface area contributed by atoms with E-state index in [1.165, 1.54) is 6.07 Å². The van der Waals surface area contributed by atoms with Gasteiger partial charge in [-0.05, 0) is 37.5 Å². The largest absolute Gasteiger partial charge is 0.490 e. The monoisotopic (exact) mass is 288 g/mol. The lowest BCUT2D eigenvalue weighted by atomic mass is 10.1. The Morgan fingerprint density at radius 3 is 2.35 bits per heavy atom. The van der Waals surface area contributed by atoms with Crippen molar-refractivity contribution in [2.45, 2.75) is 39.5 Å². The Bertz CT molecular complexity index is 484. The SMILES string of the molecule is CC(C)CC(C)Oc1ccc(C(F)(F)F)cc1C(=N)N. The number of nitrogen functional groups attached to an aromatic ring is 1. The van der Waals surface area contributed by atoms with Crippen molar-refractivity contribution in [1.82, 2.24) is 0 Å². The normalized spacial score (nSPS) is 13.3. The van der Waals surface area contributed by atoms with Gasteiger partial charge in [0.05, 0.1) is 17.2 Å². The lowest BCUT2D eigenvalue weighted by Gasteiger charge is -2.19. The maximum Gasteiger partial charge on any atom is 0.416 e. The summed E-state index contributed by atoms with van der Waals surface area (Å²) in [5.41, 5.74) is 4.47. The smallest absolute Gasteiger partial charge is 0.416 e. The first kappa shape index (κ1) is 16.3. The van der Waals surface area contributed by atoms with Crippen molar-refractivity contribution >= 4 is 5.84 Å². The molecule has 0 aliphatic rings. The second kappa shape index (κ2) is 6.15. The van der Waals surface area contributed by atoms with Gasteiger partial charge in [0, 0.05) is 0 Å². The van der Waals surface area contributed by atoms with Crippen LogP contribution in [0.15, 0.2) is 18.2 Å². The van der Waals surface area contributed by atoms with Crippen LogP contribution in [0.25, 0.3) is 0 Å². The molecule has 0 saturated heterocycles. The van der Waals surface area contributed by atoms with E-state index >= 15 is 0 Å². The van der Waals surface area contributed by atoms with Crippen LogP contribution in [0.1, 0.15) is 38.3 Å². The molecule has 3 nitrogen and oxygen atoms in total. The second-order valence-electron chi connectivity index (χ2n) is 5.18. The van der Waals surface area contributed by atoms with Gasteiger partial charge in [0.25, 0.3) is 0 Å². The predicted molar refractivity (Wildman–Crippen MR) is 72.0 cm³/mol. The summed E-state index contributed by atoms with van der Waals surface area (Å²) in [6, 6.07) is 3.00. The van der Waals surface area contributed by atoms with E-state index in [0.29, 0.717) is 5.92 Å². The molecule has 0 aliphatic heterocycles. The van der Waals surface area contributed by atoms with E-state index in [1.54, 1.807) is 0 Å². The molecule has 1 aromatic rings. The van der Waals surface area contributed by atoms with E-state index in [0.717, 1.165) is 18.6 Å². The quantitative estimate of drug-likeness (QED) is 0.639. The molecule has 1 rings (SSSR count). The molecule has 0 saturated carbocycles. The van der Waals surface area contributed by atoms with Crippen molar-refractivity contribution < 1.29 is 17.9 Å². The van der Waals surface area contributed by atoms with Crippen molar-refractivity contribution in [2.75, 3.05) is 0 Å². The van der Waals surface area contributed by atoms with Gasteiger partial charge in [0.15, 0.2) is 0 Å². The summed E-state index contributed by atoms with van der Waals surface area (Å²) in [5.74, 6) is 0.168. The highest BCUT2D eigenvalue weighted by molar-refractivity contribution is 5.97. The number of alkyl halides is 3. The number of halogens is 3. The lowest BCUT2D eigenvalue weighted by molar-refractivity contribution is -0.137. The summed E-state index contributed by atoms with van der Waals surface area (Å²) in [6.45, 7) is 5.89. The fraction of sp³-hybridized carbons (Fsp3) is 0.500. The summed E-state index contributed by atoms with van der Waals surface area (Å²) in [4.78, 5) is 0. The molecule has 0 spiro atoms. The van der Waals surface area contributed by atoms with Gasteiger partial charge >= 0.3 is 6.18 Å². The molecule has 1 aromatic carbocycles. The zero-order chi connectivity index (χ0) is 15.5. The first-order valence-corrected chi connectivity index (χ1v) is 6.33. The van der Waals surface area contributed by atoms with Crippen LogP contribution in [0.4, 0.5) is 13.2 Å². The number of hydrogen-bond acceptors (Lipinski definition) is 2. The molecular formula is C14H19F3N2O. The fourth-order valence-corrected chi connectivity index (χ4v) is 1.95. The molecule has 0 aromatic heterocycles. The second-order valence-corrected chi connectivity index (χ2v) is 5.18. The summed E-state index contributed by atoms with van der Waals surface area (Å²) in [5, 5.41) is 7.39. The molecule has 1 atom stereocenters. The van der Waals surface area contributed by atoms with Gasteiger partial charge in [0.2, 0.25) is 0 Å². The minimum Gasteiger partial charge on any atom is -0.490 e. The highest BCUT2D eigenvalue weighted by Crippen LogP contribution is 2.33. The number of hydrogen-bond donors (Lipinski definition) is 2. The van der Waals surface area contributed by atoms with Crippen molar-refractivity contribution in [3.05, 3.63) is 29.3 Å². The molecule has 112 valence electrons. The maximum absolute atomic E-state index is 12.6. The molecule has 0 fully saturated rings. The third-order valence-electron chi connectivity index (χ3n) is 2.73. The average Bonchev–Trinajstić information content (AvgIpc) is 2.26. The van der Waals surface area contributed by atoms with E-state index in [4.69, 9.17) is 15.9 Å².